The Morgan fingerprint density at radius 3 is 2.44 bits per heavy atom. The third-order valence-electron chi connectivity index (χ3n) is 6.18. The monoisotopic (exact) mass is 489 g/mol. The number of nitrogens with zero attached hydrogens (tertiary/aromatic N) is 1. The number of thiophene rings is 1. The van der Waals surface area contributed by atoms with Crippen molar-refractivity contribution in [3.05, 3.63) is 105 Å². The number of benzene rings is 3. The molecule has 4 aromatic rings. The summed E-state index contributed by atoms with van der Waals surface area (Å²) >= 11 is 7.67. The average Bonchev–Trinajstić information content (AvgIpc) is 3.37. The molecular formula is C28H24ClNO3S. The van der Waals surface area contributed by atoms with Crippen molar-refractivity contribution < 1.29 is 14.3 Å². The lowest BCUT2D eigenvalue weighted by Gasteiger charge is -2.38. The molecule has 3 aromatic carbocycles. The average molecular weight is 490 g/mol. The summed E-state index contributed by atoms with van der Waals surface area (Å²) in [6.45, 7) is 0.616. The molecule has 2 heterocycles. The second-order valence-corrected chi connectivity index (χ2v) is 9.66. The minimum atomic E-state index is -0.214. The van der Waals surface area contributed by atoms with Crippen LogP contribution in [0.5, 0.6) is 11.5 Å². The van der Waals surface area contributed by atoms with Crippen LogP contribution in [-0.2, 0) is 6.42 Å². The Bertz CT molecular complexity index is 1330. The first kappa shape index (κ1) is 22.5. The van der Waals surface area contributed by atoms with Gasteiger partial charge in [-0.1, -0.05) is 54.1 Å². The standard InChI is InChI=1S/C28H24ClNO3S/c1-32-23-16-19-13-14-30(27(18-7-4-3-5-8-18)22(19)17-24(23)33-2)28(31)26-12-11-25(34-26)20-9-6-10-21(29)15-20/h3-12,15-17,27H,13-14H2,1-2H3. The molecule has 0 N–H and O–H groups in total. The van der Waals surface area contributed by atoms with E-state index < -0.39 is 0 Å². The van der Waals surface area contributed by atoms with Crippen molar-refractivity contribution in [2.24, 2.45) is 0 Å². The second kappa shape index (κ2) is 9.53. The fraction of sp³-hybridized carbons (Fsp3) is 0.179. The van der Waals surface area contributed by atoms with Gasteiger partial charge in [-0.25, -0.2) is 0 Å². The Labute approximate surface area is 208 Å². The number of halogens is 1. The number of ether oxygens (including phenoxy) is 2. The van der Waals surface area contributed by atoms with Gasteiger partial charge >= 0.3 is 0 Å². The minimum absolute atomic E-state index is 0.0209. The Balaban J connectivity index is 1.55. The van der Waals surface area contributed by atoms with Crippen LogP contribution in [0.25, 0.3) is 10.4 Å². The van der Waals surface area contributed by atoms with Crippen molar-refractivity contribution in [1.82, 2.24) is 4.90 Å². The minimum Gasteiger partial charge on any atom is -0.493 e. The lowest BCUT2D eigenvalue weighted by molar-refractivity contribution is 0.0699. The van der Waals surface area contributed by atoms with E-state index in [4.69, 9.17) is 21.1 Å². The van der Waals surface area contributed by atoms with Crippen LogP contribution >= 0.6 is 22.9 Å². The molecular weight excluding hydrogens is 466 g/mol. The van der Waals surface area contributed by atoms with E-state index in [1.165, 1.54) is 16.9 Å². The third-order valence-corrected chi connectivity index (χ3v) is 7.53. The van der Waals surface area contributed by atoms with Gasteiger partial charge in [0.25, 0.3) is 5.91 Å². The number of rotatable bonds is 5. The maximum atomic E-state index is 13.8. The molecule has 0 radical (unpaired) electrons. The largest absolute Gasteiger partial charge is 0.493 e. The number of hydrogen-bond donors (Lipinski definition) is 0. The lowest BCUT2D eigenvalue weighted by Crippen LogP contribution is -2.40. The van der Waals surface area contributed by atoms with E-state index in [0.717, 1.165) is 28.0 Å². The van der Waals surface area contributed by atoms with Crippen LogP contribution in [0.15, 0.2) is 78.9 Å². The quantitative estimate of drug-likeness (QED) is 0.307. The molecule has 1 aliphatic rings. The van der Waals surface area contributed by atoms with Crippen molar-refractivity contribution in [3.63, 3.8) is 0 Å². The molecule has 0 saturated carbocycles. The molecule has 0 spiro atoms. The number of amides is 1. The zero-order valence-corrected chi connectivity index (χ0v) is 20.5. The van der Waals surface area contributed by atoms with Crippen LogP contribution in [0.3, 0.4) is 0 Å². The van der Waals surface area contributed by atoms with Crippen molar-refractivity contribution in [2.45, 2.75) is 12.5 Å². The molecule has 34 heavy (non-hydrogen) atoms. The highest BCUT2D eigenvalue weighted by molar-refractivity contribution is 7.17. The Kier molecular flexibility index (Phi) is 6.31. The summed E-state index contributed by atoms with van der Waals surface area (Å²) in [6.07, 6.45) is 0.747. The van der Waals surface area contributed by atoms with Gasteiger partial charge in [0.05, 0.1) is 25.1 Å². The molecule has 0 fully saturated rings. The topological polar surface area (TPSA) is 38.8 Å². The fourth-order valence-corrected chi connectivity index (χ4v) is 5.70. The maximum absolute atomic E-state index is 13.8. The SMILES string of the molecule is COc1cc2c(cc1OC)C(c1ccccc1)N(C(=O)c1ccc(-c3cccc(Cl)c3)s1)CC2. The van der Waals surface area contributed by atoms with Gasteiger partial charge in [-0.15, -0.1) is 11.3 Å². The third kappa shape index (κ3) is 4.17. The van der Waals surface area contributed by atoms with Gasteiger partial charge in [0.1, 0.15) is 0 Å². The van der Waals surface area contributed by atoms with Crippen molar-refractivity contribution in [1.29, 1.82) is 0 Å². The summed E-state index contributed by atoms with van der Waals surface area (Å²) in [5, 5.41) is 0.680. The van der Waals surface area contributed by atoms with E-state index in [-0.39, 0.29) is 11.9 Å². The van der Waals surface area contributed by atoms with Crippen molar-refractivity contribution >= 4 is 28.8 Å². The predicted octanol–water partition coefficient (Wildman–Crippen LogP) is 6.87. The summed E-state index contributed by atoms with van der Waals surface area (Å²) in [6, 6.07) is 25.6. The van der Waals surface area contributed by atoms with Crippen molar-refractivity contribution in [2.75, 3.05) is 20.8 Å². The normalized spacial score (nSPS) is 15.0. The van der Waals surface area contributed by atoms with Crippen LogP contribution in [-0.4, -0.2) is 31.6 Å². The number of carbonyl (C=O) groups is 1. The maximum Gasteiger partial charge on any atom is 0.264 e. The van der Waals surface area contributed by atoms with Gasteiger partial charge in [-0.2, -0.15) is 0 Å². The fourth-order valence-electron chi connectivity index (χ4n) is 4.55. The highest BCUT2D eigenvalue weighted by Crippen LogP contribution is 2.42. The Morgan fingerprint density at radius 1 is 0.941 bits per heavy atom. The van der Waals surface area contributed by atoms with Crippen LogP contribution in [0.4, 0.5) is 0 Å². The van der Waals surface area contributed by atoms with Gasteiger partial charge in [-0.3, -0.25) is 4.79 Å². The number of fused-ring (bicyclic) bond motifs is 1. The first-order valence-corrected chi connectivity index (χ1v) is 12.2. The van der Waals surface area contributed by atoms with E-state index >= 15 is 0 Å². The summed E-state index contributed by atoms with van der Waals surface area (Å²) in [7, 11) is 3.28. The molecule has 172 valence electrons. The van der Waals surface area contributed by atoms with Crippen LogP contribution < -0.4 is 9.47 Å². The van der Waals surface area contributed by atoms with Crippen LogP contribution in [0.1, 0.15) is 32.4 Å². The second-order valence-electron chi connectivity index (χ2n) is 8.14. The smallest absolute Gasteiger partial charge is 0.264 e. The van der Waals surface area contributed by atoms with E-state index in [1.54, 1.807) is 14.2 Å². The number of carbonyl (C=O) groups excluding carboxylic acids is 1. The summed E-state index contributed by atoms with van der Waals surface area (Å²) in [5.41, 5.74) is 4.31. The molecule has 1 atom stereocenters. The van der Waals surface area contributed by atoms with Gasteiger partial charge in [0.15, 0.2) is 11.5 Å². The summed E-state index contributed by atoms with van der Waals surface area (Å²) in [4.78, 5) is 17.5. The van der Waals surface area contributed by atoms with E-state index in [1.807, 2.05) is 71.6 Å². The van der Waals surface area contributed by atoms with E-state index in [0.29, 0.717) is 27.9 Å². The van der Waals surface area contributed by atoms with Gasteiger partial charge in [0.2, 0.25) is 0 Å². The predicted molar refractivity (Wildman–Crippen MR) is 137 cm³/mol. The van der Waals surface area contributed by atoms with E-state index in [9.17, 15) is 4.79 Å². The van der Waals surface area contributed by atoms with Gasteiger partial charge < -0.3 is 14.4 Å². The molecule has 5 rings (SSSR count). The molecule has 0 bridgehead atoms. The highest BCUT2D eigenvalue weighted by atomic mass is 35.5. The molecule has 4 nitrogen and oxygen atoms in total. The molecule has 1 aromatic heterocycles. The number of methoxy groups -OCH3 is 2. The van der Waals surface area contributed by atoms with E-state index in [2.05, 4.69) is 12.1 Å². The first-order valence-electron chi connectivity index (χ1n) is 11.1. The summed E-state index contributed by atoms with van der Waals surface area (Å²) < 4.78 is 11.1. The molecule has 0 saturated heterocycles. The molecule has 6 heteroatoms. The lowest BCUT2D eigenvalue weighted by atomic mass is 9.87. The molecule has 1 amide bonds. The zero-order chi connectivity index (χ0) is 23.7. The molecule has 1 aliphatic heterocycles. The van der Waals surface area contributed by atoms with Crippen LogP contribution in [0, 0.1) is 0 Å². The molecule has 0 aliphatic carbocycles. The zero-order valence-electron chi connectivity index (χ0n) is 19.0. The highest BCUT2D eigenvalue weighted by Gasteiger charge is 2.34. The summed E-state index contributed by atoms with van der Waals surface area (Å²) in [5.74, 6) is 1.39. The Morgan fingerprint density at radius 2 is 1.71 bits per heavy atom. The van der Waals surface area contributed by atoms with Gasteiger partial charge in [0, 0.05) is 16.4 Å². The van der Waals surface area contributed by atoms with Gasteiger partial charge in [-0.05, 0) is 65.1 Å². The van der Waals surface area contributed by atoms with Crippen LogP contribution in [0.2, 0.25) is 5.02 Å². The number of hydrogen-bond acceptors (Lipinski definition) is 4. The molecule has 1 unspecified atom stereocenters. The van der Waals surface area contributed by atoms with Crippen molar-refractivity contribution in [3.8, 4) is 21.9 Å². The first-order chi connectivity index (χ1) is 16.6. The Hall–Kier alpha value is -3.28.